The molecule has 5 fully saturated rings. The maximum Gasteiger partial charge on any atom is 0.407 e. The standard InChI is InChI=1S/C40H56FN7O2/c1-44-18-20-46(21-19-44)28-32-22-36(11-10-31(32)24-42)48-26-30(27-48)25-45-16-12-33(13-17-45)40(29-47-14-5-15-47,34-6-3-7-35(41)23-34)37-8-4-9-38(37)43-39(49)50-2/h3,6-7,10-11,22-23,30,33,37-38H,4-5,8-9,12-21,25-29H2,1-2H3,(H,43,49)/t37-,38-,40?/m0/s1. The van der Waals surface area contributed by atoms with Crippen molar-refractivity contribution in [1.82, 2.24) is 24.9 Å². The van der Waals surface area contributed by atoms with Crippen LogP contribution in [-0.4, -0.2) is 124 Å². The third-order valence-corrected chi connectivity index (χ3v) is 12.8. The number of piperazine rings is 1. The fourth-order valence-corrected chi connectivity index (χ4v) is 9.89. The first-order valence-corrected chi connectivity index (χ1v) is 19.1. The molecule has 2 aromatic rings. The van der Waals surface area contributed by atoms with Crippen LogP contribution in [0.1, 0.15) is 55.2 Å². The third-order valence-electron chi connectivity index (χ3n) is 12.8. The molecule has 0 radical (unpaired) electrons. The molecule has 0 aromatic heterocycles. The molecule has 5 aliphatic rings. The van der Waals surface area contributed by atoms with E-state index in [4.69, 9.17) is 4.74 Å². The van der Waals surface area contributed by atoms with Gasteiger partial charge in [0, 0.05) is 82.0 Å². The smallest absolute Gasteiger partial charge is 0.407 e. The lowest BCUT2D eigenvalue weighted by Gasteiger charge is -2.54. The number of hydrogen-bond donors (Lipinski definition) is 1. The molecule has 1 aliphatic carbocycles. The lowest BCUT2D eigenvalue weighted by Crippen LogP contribution is -2.60. The van der Waals surface area contributed by atoms with Gasteiger partial charge in [0.2, 0.25) is 0 Å². The first-order chi connectivity index (χ1) is 24.3. The number of nitrogens with zero attached hydrogens (tertiary/aromatic N) is 6. The van der Waals surface area contributed by atoms with Crippen molar-refractivity contribution in [3.8, 4) is 6.07 Å². The number of piperidine rings is 1. The van der Waals surface area contributed by atoms with E-state index in [-0.39, 0.29) is 29.3 Å². The normalized spacial score (nSPS) is 25.8. The highest BCUT2D eigenvalue weighted by Gasteiger charge is 2.53. The van der Waals surface area contributed by atoms with Crippen LogP contribution in [0.2, 0.25) is 0 Å². The van der Waals surface area contributed by atoms with Crippen molar-refractivity contribution in [2.45, 2.75) is 56.5 Å². The monoisotopic (exact) mass is 685 g/mol. The van der Waals surface area contributed by atoms with Crippen LogP contribution in [0.25, 0.3) is 0 Å². The number of carbonyl (C=O) groups is 1. The number of rotatable bonds is 11. The lowest BCUT2D eigenvalue weighted by atomic mass is 9.57. The number of likely N-dealkylation sites (tertiary alicyclic amines) is 2. The zero-order valence-corrected chi connectivity index (χ0v) is 30.2. The number of carbonyl (C=O) groups excluding carboxylic acids is 1. The van der Waals surface area contributed by atoms with Gasteiger partial charge in [-0.2, -0.15) is 5.26 Å². The number of nitriles is 1. The van der Waals surface area contributed by atoms with Crippen molar-refractivity contribution in [2.24, 2.45) is 17.8 Å². The van der Waals surface area contributed by atoms with Gasteiger partial charge in [0.1, 0.15) is 5.82 Å². The zero-order valence-electron chi connectivity index (χ0n) is 30.2. The van der Waals surface area contributed by atoms with Gasteiger partial charge in [-0.25, -0.2) is 9.18 Å². The molecule has 50 heavy (non-hydrogen) atoms. The van der Waals surface area contributed by atoms with Gasteiger partial charge in [-0.3, -0.25) is 4.90 Å². The number of alkyl carbamates (subject to hydrolysis) is 1. The first-order valence-electron chi connectivity index (χ1n) is 19.1. The molecule has 4 aliphatic heterocycles. The minimum Gasteiger partial charge on any atom is -0.453 e. The molecule has 3 atom stereocenters. The zero-order chi connectivity index (χ0) is 34.7. The van der Waals surface area contributed by atoms with Gasteiger partial charge in [0.25, 0.3) is 0 Å². The molecular formula is C40H56FN7O2. The Labute approximate surface area is 298 Å². The largest absolute Gasteiger partial charge is 0.453 e. The van der Waals surface area contributed by atoms with Crippen molar-refractivity contribution in [3.63, 3.8) is 0 Å². The Kier molecular flexibility index (Phi) is 11.0. The summed E-state index contributed by atoms with van der Waals surface area (Å²) in [7, 11) is 3.61. The van der Waals surface area contributed by atoms with E-state index in [0.29, 0.717) is 11.8 Å². The highest BCUT2D eigenvalue weighted by Crippen LogP contribution is 2.51. The van der Waals surface area contributed by atoms with E-state index in [1.165, 1.54) is 19.2 Å². The number of ether oxygens (including phenoxy) is 1. The summed E-state index contributed by atoms with van der Waals surface area (Å²) in [6, 6.07) is 16.2. The van der Waals surface area contributed by atoms with Crippen LogP contribution in [0.15, 0.2) is 42.5 Å². The maximum atomic E-state index is 15.0. The molecule has 0 spiro atoms. The average molecular weight is 686 g/mol. The summed E-state index contributed by atoms with van der Waals surface area (Å²) in [6.07, 6.45) is 6.03. The molecule has 1 amide bonds. The Morgan fingerprint density at radius 3 is 2.40 bits per heavy atom. The summed E-state index contributed by atoms with van der Waals surface area (Å²) in [4.78, 5) is 25.0. The summed E-state index contributed by atoms with van der Waals surface area (Å²) in [5, 5.41) is 13.0. The van der Waals surface area contributed by atoms with Crippen molar-refractivity contribution >= 4 is 11.8 Å². The Morgan fingerprint density at radius 2 is 1.72 bits per heavy atom. The molecule has 1 saturated carbocycles. The van der Waals surface area contributed by atoms with Gasteiger partial charge in [-0.05, 0) is 119 Å². The van der Waals surface area contributed by atoms with Crippen LogP contribution in [0.4, 0.5) is 14.9 Å². The molecule has 4 heterocycles. The van der Waals surface area contributed by atoms with Crippen molar-refractivity contribution in [2.75, 3.05) is 97.6 Å². The fraction of sp³-hybridized carbons (Fsp3) is 0.650. The highest BCUT2D eigenvalue weighted by molar-refractivity contribution is 5.67. The Bertz CT molecular complexity index is 1510. The quantitative estimate of drug-likeness (QED) is 0.363. The van der Waals surface area contributed by atoms with E-state index >= 15 is 0 Å². The minimum atomic E-state index is -0.365. The topological polar surface area (TPSA) is 78.3 Å². The number of nitrogens with one attached hydrogen (secondary N) is 1. The maximum absolute atomic E-state index is 15.0. The Balaban J connectivity index is 1.01. The molecule has 0 bridgehead atoms. The van der Waals surface area contributed by atoms with Crippen molar-refractivity contribution in [1.29, 1.82) is 5.26 Å². The second-order valence-electron chi connectivity index (χ2n) is 15.8. The van der Waals surface area contributed by atoms with E-state index in [0.717, 1.165) is 134 Å². The number of benzene rings is 2. The lowest BCUT2D eigenvalue weighted by molar-refractivity contribution is 0.0223. The van der Waals surface area contributed by atoms with Gasteiger partial charge in [0.15, 0.2) is 0 Å². The van der Waals surface area contributed by atoms with Crippen LogP contribution < -0.4 is 10.2 Å². The average Bonchev–Trinajstić information content (AvgIpc) is 3.55. The van der Waals surface area contributed by atoms with Crippen LogP contribution in [0.5, 0.6) is 0 Å². The first kappa shape index (κ1) is 35.2. The molecule has 4 saturated heterocycles. The number of halogens is 1. The summed E-state index contributed by atoms with van der Waals surface area (Å²) >= 11 is 0. The molecular weight excluding hydrogens is 629 g/mol. The van der Waals surface area contributed by atoms with Gasteiger partial charge < -0.3 is 29.7 Å². The second kappa shape index (κ2) is 15.6. The Hall–Kier alpha value is -3.23. The molecule has 10 heteroatoms. The minimum absolute atomic E-state index is 0.0234. The van der Waals surface area contributed by atoms with E-state index < -0.39 is 0 Å². The van der Waals surface area contributed by atoms with Crippen molar-refractivity contribution in [3.05, 3.63) is 65.0 Å². The number of likely N-dealkylation sites (N-methyl/N-ethyl adjacent to an activating group) is 1. The fourth-order valence-electron chi connectivity index (χ4n) is 9.89. The molecule has 1 unspecified atom stereocenters. The van der Waals surface area contributed by atoms with Gasteiger partial charge in [-0.1, -0.05) is 18.6 Å². The highest BCUT2D eigenvalue weighted by atomic mass is 19.1. The number of methoxy groups -OCH3 is 1. The number of hydrogen-bond acceptors (Lipinski definition) is 8. The summed E-state index contributed by atoms with van der Waals surface area (Å²) in [5.74, 6) is 1.09. The van der Waals surface area contributed by atoms with Crippen molar-refractivity contribution < 1.29 is 13.9 Å². The van der Waals surface area contributed by atoms with Crippen LogP contribution in [0, 0.1) is 34.9 Å². The Morgan fingerprint density at radius 1 is 0.940 bits per heavy atom. The summed E-state index contributed by atoms with van der Waals surface area (Å²) in [5.41, 5.74) is 4.05. The number of anilines is 1. The number of amides is 1. The summed E-state index contributed by atoms with van der Waals surface area (Å²) < 4.78 is 20.1. The van der Waals surface area contributed by atoms with Crippen LogP contribution in [-0.2, 0) is 16.7 Å². The predicted octanol–water partition coefficient (Wildman–Crippen LogP) is 4.76. The predicted molar refractivity (Wildman–Crippen MR) is 195 cm³/mol. The second-order valence-corrected chi connectivity index (χ2v) is 15.8. The third kappa shape index (κ3) is 7.52. The van der Waals surface area contributed by atoms with E-state index in [9.17, 15) is 14.4 Å². The van der Waals surface area contributed by atoms with Crippen LogP contribution >= 0.6 is 0 Å². The molecule has 1 N–H and O–H groups in total. The van der Waals surface area contributed by atoms with Gasteiger partial charge in [-0.15, -0.1) is 0 Å². The molecule has 270 valence electrons. The van der Waals surface area contributed by atoms with E-state index in [1.807, 2.05) is 12.1 Å². The molecule has 2 aromatic carbocycles. The van der Waals surface area contributed by atoms with E-state index in [2.05, 4.69) is 61.1 Å². The summed E-state index contributed by atoms with van der Waals surface area (Å²) in [6.45, 7) is 13.5. The van der Waals surface area contributed by atoms with Crippen LogP contribution in [0.3, 0.4) is 0 Å². The van der Waals surface area contributed by atoms with Gasteiger partial charge >= 0.3 is 6.09 Å². The van der Waals surface area contributed by atoms with E-state index in [1.54, 1.807) is 12.1 Å². The SMILES string of the molecule is COC(=O)N[C@H]1CCC[C@@H]1C(CN1CCC1)(c1cccc(F)c1)C1CCN(CC2CN(c3ccc(C#N)c(CN4CCN(C)CC4)c3)C2)CC1. The molecule has 9 nitrogen and oxygen atoms in total. The molecule has 7 rings (SSSR count). The van der Waals surface area contributed by atoms with Gasteiger partial charge in [0.05, 0.1) is 18.7 Å².